The summed E-state index contributed by atoms with van der Waals surface area (Å²) >= 11 is 0. The first-order valence-electron chi connectivity index (χ1n) is 6.23. The summed E-state index contributed by atoms with van der Waals surface area (Å²) in [5.74, 6) is -0.669. The van der Waals surface area contributed by atoms with Crippen molar-refractivity contribution in [3.8, 4) is 5.75 Å². The van der Waals surface area contributed by atoms with Crippen molar-refractivity contribution in [3.63, 3.8) is 0 Å². The summed E-state index contributed by atoms with van der Waals surface area (Å²) in [6.07, 6.45) is -4.76. The molecule has 1 atom stereocenters. The molecule has 1 aromatic carbocycles. The number of piperazine rings is 1. The van der Waals surface area contributed by atoms with Gasteiger partial charge in [0, 0.05) is 31.2 Å². The molecule has 0 saturated carbocycles. The largest absolute Gasteiger partial charge is 0.573 e. The molecule has 0 bridgehead atoms. The monoisotopic (exact) mass is 324 g/mol. The van der Waals surface area contributed by atoms with E-state index >= 15 is 0 Å². The SMILES string of the molecule is CC1CN(C(=O)c2cccc(OC(F)(F)F)c2)CCN1.Cl. The van der Waals surface area contributed by atoms with Crippen molar-refractivity contribution in [2.24, 2.45) is 0 Å². The highest BCUT2D eigenvalue weighted by atomic mass is 35.5. The Balaban J connectivity index is 0.00000220. The zero-order chi connectivity index (χ0) is 14.8. The molecule has 1 saturated heterocycles. The Morgan fingerprint density at radius 1 is 1.43 bits per heavy atom. The van der Waals surface area contributed by atoms with E-state index in [1.54, 1.807) is 4.90 Å². The van der Waals surface area contributed by atoms with E-state index in [1.807, 2.05) is 6.92 Å². The van der Waals surface area contributed by atoms with E-state index in [-0.39, 0.29) is 35.7 Å². The Morgan fingerprint density at radius 3 is 2.76 bits per heavy atom. The van der Waals surface area contributed by atoms with Gasteiger partial charge in [-0.3, -0.25) is 4.79 Å². The molecule has 118 valence electrons. The Bertz CT molecular complexity index is 497. The average molecular weight is 325 g/mol. The van der Waals surface area contributed by atoms with Crippen LogP contribution in [0.2, 0.25) is 0 Å². The highest BCUT2D eigenvalue weighted by Gasteiger charge is 2.31. The number of hydrogen-bond acceptors (Lipinski definition) is 3. The number of hydrogen-bond donors (Lipinski definition) is 1. The molecule has 2 rings (SSSR count). The van der Waals surface area contributed by atoms with Crippen LogP contribution in [0.4, 0.5) is 13.2 Å². The van der Waals surface area contributed by atoms with Crippen molar-refractivity contribution in [3.05, 3.63) is 29.8 Å². The first kappa shape index (κ1) is 17.6. The number of alkyl halides is 3. The van der Waals surface area contributed by atoms with Gasteiger partial charge in [-0.1, -0.05) is 6.07 Å². The molecule has 1 fully saturated rings. The molecule has 1 aliphatic heterocycles. The van der Waals surface area contributed by atoms with Crippen LogP contribution in [0.15, 0.2) is 24.3 Å². The number of rotatable bonds is 2. The first-order chi connectivity index (χ1) is 9.35. The van der Waals surface area contributed by atoms with Crippen LogP contribution in [-0.2, 0) is 0 Å². The molecule has 0 aromatic heterocycles. The molecule has 1 aromatic rings. The zero-order valence-corrected chi connectivity index (χ0v) is 12.1. The number of halogens is 4. The lowest BCUT2D eigenvalue weighted by Crippen LogP contribution is -2.51. The second-order valence-electron chi connectivity index (χ2n) is 4.68. The van der Waals surface area contributed by atoms with E-state index in [2.05, 4.69) is 10.1 Å². The Morgan fingerprint density at radius 2 is 2.14 bits per heavy atom. The summed E-state index contributed by atoms with van der Waals surface area (Å²) in [5, 5.41) is 3.19. The molecule has 1 unspecified atom stereocenters. The van der Waals surface area contributed by atoms with Crippen LogP contribution in [0.3, 0.4) is 0 Å². The quantitative estimate of drug-likeness (QED) is 0.908. The maximum Gasteiger partial charge on any atom is 0.573 e. The molecular formula is C13H16ClF3N2O2. The molecule has 1 aliphatic rings. The van der Waals surface area contributed by atoms with Gasteiger partial charge in [0.1, 0.15) is 5.75 Å². The van der Waals surface area contributed by atoms with E-state index in [4.69, 9.17) is 0 Å². The van der Waals surface area contributed by atoms with Gasteiger partial charge in [-0.25, -0.2) is 0 Å². The summed E-state index contributed by atoms with van der Waals surface area (Å²) in [4.78, 5) is 13.8. The fourth-order valence-electron chi connectivity index (χ4n) is 2.13. The highest BCUT2D eigenvalue weighted by molar-refractivity contribution is 5.94. The lowest BCUT2D eigenvalue weighted by molar-refractivity contribution is -0.274. The van der Waals surface area contributed by atoms with Crippen molar-refractivity contribution in [1.82, 2.24) is 10.2 Å². The number of ether oxygens (including phenoxy) is 1. The summed E-state index contributed by atoms with van der Waals surface area (Å²) in [6.45, 7) is 3.69. The van der Waals surface area contributed by atoms with Gasteiger partial charge in [-0.05, 0) is 25.1 Å². The smallest absolute Gasteiger partial charge is 0.406 e. The van der Waals surface area contributed by atoms with Crippen LogP contribution in [0, 0.1) is 0 Å². The molecule has 1 amide bonds. The van der Waals surface area contributed by atoms with Gasteiger partial charge in [-0.2, -0.15) is 0 Å². The fourth-order valence-corrected chi connectivity index (χ4v) is 2.13. The fraction of sp³-hybridized carbons (Fsp3) is 0.462. The van der Waals surface area contributed by atoms with E-state index in [1.165, 1.54) is 18.2 Å². The molecule has 1 heterocycles. The van der Waals surface area contributed by atoms with Crippen LogP contribution in [0.1, 0.15) is 17.3 Å². The zero-order valence-electron chi connectivity index (χ0n) is 11.3. The van der Waals surface area contributed by atoms with E-state index < -0.39 is 6.36 Å². The van der Waals surface area contributed by atoms with E-state index in [0.29, 0.717) is 19.6 Å². The standard InChI is InChI=1S/C13H15F3N2O2.ClH/c1-9-8-18(6-5-17-9)12(19)10-3-2-4-11(7-10)20-13(14,15)16;/h2-4,7,9,17H,5-6,8H2,1H3;1H. The Labute approximate surface area is 126 Å². The van der Waals surface area contributed by atoms with Crippen LogP contribution in [0.5, 0.6) is 5.75 Å². The third-order valence-corrected chi connectivity index (χ3v) is 2.97. The topological polar surface area (TPSA) is 41.6 Å². The van der Waals surface area contributed by atoms with E-state index in [0.717, 1.165) is 6.07 Å². The third kappa shape index (κ3) is 5.09. The van der Waals surface area contributed by atoms with Crippen LogP contribution in [0.25, 0.3) is 0 Å². The number of nitrogens with zero attached hydrogens (tertiary/aromatic N) is 1. The second kappa shape index (κ2) is 7.00. The summed E-state index contributed by atoms with van der Waals surface area (Å²) in [7, 11) is 0. The maximum atomic E-state index is 12.2. The molecule has 8 heteroatoms. The van der Waals surface area contributed by atoms with Crippen molar-refractivity contribution in [2.75, 3.05) is 19.6 Å². The number of nitrogens with one attached hydrogen (secondary N) is 1. The van der Waals surface area contributed by atoms with Crippen LogP contribution in [-0.4, -0.2) is 42.8 Å². The third-order valence-electron chi connectivity index (χ3n) is 2.97. The normalized spacial score (nSPS) is 18.9. The predicted molar refractivity (Wildman–Crippen MR) is 73.7 cm³/mol. The van der Waals surface area contributed by atoms with Gasteiger partial charge in [0.2, 0.25) is 0 Å². The van der Waals surface area contributed by atoms with Crippen molar-refractivity contribution < 1.29 is 22.7 Å². The summed E-state index contributed by atoms with van der Waals surface area (Å²) in [6, 6.07) is 5.31. The number of benzene rings is 1. The highest BCUT2D eigenvalue weighted by Crippen LogP contribution is 2.23. The average Bonchev–Trinajstić information content (AvgIpc) is 2.36. The molecule has 0 radical (unpaired) electrons. The summed E-state index contributed by atoms with van der Waals surface area (Å²) < 4.78 is 40.3. The predicted octanol–water partition coefficient (Wildman–Crippen LogP) is 2.44. The minimum Gasteiger partial charge on any atom is -0.406 e. The lowest BCUT2D eigenvalue weighted by Gasteiger charge is -2.32. The molecular weight excluding hydrogens is 309 g/mol. The molecule has 1 N–H and O–H groups in total. The minimum atomic E-state index is -4.76. The first-order valence-corrected chi connectivity index (χ1v) is 6.23. The van der Waals surface area contributed by atoms with Gasteiger partial charge in [-0.15, -0.1) is 25.6 Å². The number of carbonyl (C=O) groups excluding carboxylic acids is 1. The van der Waals surface area contributed by atoms with Gasteiger partial charge in [0.05, 0.1) is 0 Å². The van der Waals surface area contributed by atoms with Crippen LogP contribution < -0.4 is 10.1 Å². The Hall–Kier alpha value is -1.47. The second-order valence-corrected chi connectivity index (χ2v) is 4.68. The molecule has 4 nitrogen and oxygen atoms in total. The van der Waals surface area contributed by atoms with Crippen LogP contribution >= 0.6 is 12.4 Å². The minimum absolute atomic E-state index is 0. The summed E-state index contributed by atoms with van der Waals surface area (Å²) in [5.41, 5.74) is 0.195. The molecule has 0 spiro atoms. The molecule has 21 heavy (non-hydrogen) atoms. The van der Waals surface area contributed by atoms with Gasteiger partial charge in [0.15, 0.2) is 0 Å². The number of carbonyl (C=O) groups is 1. The molecule has 0 aliphatic carbocycles. The lowest BCUT2D eigenvalue weighted by atomic mass is 10.1. The Kier molecular flexibility index (Phi) is 5.86. The van der Waals surface area contributed by atoms with Crippen molar-refractivity contribution in [2.45, 2.75) is 19.3 Å². The number of amides is 1. The van der Waals surface area contributed by atoms with Gasteiger partial charge in [0.25, 0.3) is 5.91 Å². The van der Waals surface area contributed by atoms with Gasteiger partial charge < -0.3 is 15.0 Å². The van der Waals surface area contributed by atoms with E-state index in [9.17, 15) is 18.0 Å². The van der Waals surface area contributed by atoms with Crippen molar-refractivity contribution in [1.29, 1.82) is 0 Å². The van der Waals surface area contributed by atoms with Crippen molar-refractivity contribution >= 4 is 18.3 Å². The maximum absolute atomic E-state index is 12.2. The van der Waals surface area contributed by atoms with Gasteiger partial charge >= 0.3 is 6.36 Å².